The Morgan fingerprint density at radius 2 is 1.90 bits per heavy atom. The minimum absolute atomic E-state index is 0.165. The van der Waals surface area contributed by atoms with Gasteiger partial charge in [0.1, 0.15) is 0 Å². The number of ether oxygens (including phenoxy) is 1. The number of pyridine rings is 1. The Balaban J connectivity index is 2.06. The van der Waals surface area contributed by atoms with Gasteiger partial charge in [0, 0.05) is 17.8 Å². The van der Waals surface area contributed by atoms with E-state index < -0.39 is 10.0 Å². The Labute approximate surface area is 123 Å². The first kappa shape index (κ1) is 15.0. The lowest BCUT2D eigenvalue weighted by Crippen LogP contribution is -2.18. The Morgan fingerprint density at radius 3 is 2.48 bits per heavy atom. The molecule has 0 fully saturated rings. The summed E-state index contributed by atoms with van der Waals surface area (Å²) < 4.78 is 28.9. The normalized spacial score (nSPS) is 11.5. The monoisotopic (exact) mass is 305 g/mol. The van der Waals surface area contributed by atoms with Gasteiger partial charge in [-0.25, -0.2) is 9.82 Å². The molecule has 110 valence electrons. The van der Waals surface area contributed by atoms with Crippen molar-refractivity contribution in [3.63, 3.8) is 0 Å². The maximum atomic E-state index is 12.0. The number of benzene rings is 1. The van der Waals surface area contributed by atoms with Gasteiger partial charge in [0.25, 0.3) is 10.0 Å². The molecule has 7 heteroatoms. The highest BCUT2D eigenvalue weighted by atomic mass is 32.2. The van der Waals surface area contributed by atoms with Gasteiger partial charge < -0.3 is 4.74 Å². The predicted octanol–water partition coefficient (Wildman–Crippen LogP) is 1.71. The van der Waals surface area contributed by atoms with Crippen LogP contribution in [0.3, 0.4) is 0 Å². The van der Waals surface area contributed by atoms with E-state index in [-0.39, 0.29) is 4.90 Å². The third-order valence-corrected chi connectivity index (χ3v) is 3.92. The molecule has 0 saturated heterocycles. The van der Waals surface area contributed by atoms with Crippen LogP contribution in [0.25, 0.3) is 0 Å². The van der Waals surface area contributed by atoms with Crippen LogP contribution in [0.5, 0.6) is 5.88 Å². The van der Waals surface area contributed by atoms with Gasteiger partial charge in [0.15, 0.2) is 0 Å². The summed E-state index contributed by atoms with van der Waals surface area (Å²) in [5.74, 6) is 0.479. The average Bonchev–Trinajstić information content (AvgIpc) is 2.48. The van der Waals surface area contributed by atoms with Crippen molar-refractivity contribution in [3.05, 3.63) is 53.7 Å². The minimum Gasteiger partial charge on any atom is -0.481 e. The standard InChI is InChI=1S/C14H15N3O3S/c1-11-3-6-13(7-4-11)21(18,19)17-16-10-12-5-8-14(20-2)15-9-12/h3-10,17H,1-2H3/b16-10-. The summed E-state index contributed by atoms with van der Waals surface area (Å²) in [5, 5.41) is 3.72. The van der Waals surface area contributed by atoms with Crippen molar-refractivity contribution in [2.45, 2.75) is 11.8 Å². The number of sulfonamides is 1. The fraction of sp³-hybridized carbons (Fsp3) is 0.143. The van der Waals surface area contributed by atoms with E-state index in [1.165, 1.54) is 31.7 Å². The maximum Gasteiger partial charge on any atom is 0.276 e. The number of hydrogen-bond donors (Lipinski definition) is 1. The van der Waals surface area contributed by atoms with Crippen LogP contribution in [0.15, 0.2) is 52.6 Å². The summed E-state index contributed by atoms with van der Waals surface area (Å²) in [7, 11) is -2.13. The van der Waals surface area contributed by atoms with Crippen molar-refractivity contribution in [1.29, 1.82) is 0 Å². The van der Waals surface area contributed by atoms with Gasteiger partial charge in [-0.15, -0.1) is 0 Å². The van der Waals surface area contributed by atoms with Crippen LogP contribution in [0.2, 0.25) is 0 Å². The summed E-state index contributed by atoms with van der Waals surface area (Å²) in [4.78, 5) is 6.31. The molecule has 2 aromatic rings. The lowest BCUT2D eigenvalue weighted by atomic mass is 10.2. The molecule has 2 rings (SSSR count). The van der Waals surface area contributed by atoms with E-state index in [2.05, 4.69) is 14.9 Å². The van der Waals surface area contributed by atoms with Gasteiger partial charge in [-0.3, -0.25) is 0 Å². The van der Waals surface area contributed by atoms with Crippen molar-refractivity contribution >= 4 is 16.2 Å². The lowest BCUT2D eigenvalue weighted by Gasteiger charge is -2.03. The number of methoxy groups -OCH3 is 1. The molecule has 1 aromatic heterocycles. The fourth-order valence-electron chi connectivity index (χ4n) is 1.53. The van der Waals surface area contributed by atoms with E-state index in [0.29, 0.717) is 11.4 Å². The van der Waals surface area contributed by atoms with Gasteiger partial charge in [0.05, 0.1) is 18.2 Å². The second-order valence-electron chi connectivity index (χ2n) is 4.30. The molecule has 0 aliphatic heterocycles. The number of nitrogens with zero attached hydrogens (tertiary/aromatic N) is 2. The molecule has 0 unspecified atom stereocenters. The van der Waals surface area contributed by atoms with E-state index in [4.69, 9.17) is 4.74 Å². The predicted molar refractivity (Wildman–Crippen MR) is 79.9 cm³/mol. The summed E-state index contributed by atoms with van der Waals surface area (Å²) in [5.41, 5.74) is 1.64. The molecule has 0 spiro atoms. The number of aryl methyl sites for hydroxylation is 1. The third-order valence-electron chi connectivity index (χ3n) is 2.69. The van der Waals surface area contributed by atoms with E-state index in [1.807, 2.05) is 6.92 Å². The molecule has 0 amide bonds. The Kier molecular flexibility index (Phi) is 4.54. The summed E-state index contributed by atoms with van der Waals surface area (Å²) in [6.07, 6.45) is 2.90. The van der Waals surface area contributed by atoms with Crippen LogP contribution >= 0.6 is 0 Å². The second-order valence-corrected chi connectivity index (χ2v) is 5.96. The molecular weight excluding hydrogens is 290 g/mol. The van der Waals surface area contributed by atoms with Crippen LogP contribution in [0.1, 0.15) is 11.1 Å². The van der Waals surface area contributed by atoms with Crippen molar-refractivity contribution in [3.8, 4) is 5.88 Å². The van der Waals surface area contributed by atoms with Crippen molar-refractivity contribution in [2.24, 2.45) is 5.10 Å². The Hall–Kier alpha value is -2.41. The molecule has 0 atom stereocenters. The molecular formula is C14H15N3O3S. The number of hydrazone groups is 1. The van der Waals surface area contributed by atoms with Crippen LogP contribution in [-0.4, -0.2) is 26.7 Å². The molecule has 1 N–H and O–H groups in total. The SMILES string of the molecule is COc1ccc(/C=N\NS(=O)(=O)c2ccc(C)cc2)cn1. The van der Waals surface area contributed by atoms with E-state index >= 15 is 0 Å². The van der Waals surface area contributed by atoms with Crippen LogP contribution in [0.4, 0.5) is 0 Å². The highest BCUT2D eigenvalue weighted by Crippen LogP contribution is 2.09. The average molecular weight is 305 g/mol. The summed E-state index contributed by atoms with van der Waals surface area (Å²) >= 11 is 0. The summed E-state index contributed by atoms with van der Waals surface area (Å²) in [6, 6.07) is 9.90. The Bertz CT molecular complexity index is 723. The molecule has 0 bridgehead atoms. The smallest absolute Gasteiger partial charge is 0.276 e. The van der Waals surface area contributed by atoms with E-state index in [0.717, 1.165) is 5.56 Å². The van der Waals surface area contributed by atoms with Gasteiger partial charge in [-0.1, -0.05) is 17.7 Å². The van der Waals surface area contributed by atoms with E-state index in [9.17, 15) is 8.42 Å². The van der Waals surface area contributed by atoms with Crippen molar-refractivity contribution in [1.82, 2.24) is 9.82 Å². The Morgan fingerprint density at radius 1 is 1.19 bits per heavy atom. The van der Waals surface area contributed by atoms with Crippen LogP contribution < -0.4 is 9.57 Å². The quantitative estimate of drug-likeness (QED) is 0.673. The number of aromatic nitrogens is 1. The molecule has 0 radical (unpaired) electrons. The number of rotatable bonds is 5. The zero-order valence-corrected chi connectivity index (χ0v) is 12.5. The zero-order chi connectivity index (χ0) is 15.3. The maximum absolute atomic E-state index is 12.0. The number of hydrogen-bond acceptors (Lipinski definition) is 5. The molecule has 21 heavy (non-hydrogen) atoms. The highest BCUT2D eigenvalue weighted by Gasteiger charge is 2.11. The van der Waals surface area contributed by atoms with Crippen molar-refractivity contribution < 1.29 is 13.2 Å². The van der Waals surface area contributed by atoms with E-state index in [1.54, 1.807) is 24.3 Å². The number of nitrogens with one attached hydrogen (secondary N) is 1. The summed E-state index contributed by atoms with van der Waals surface area (Å²) in [6.45, 7) is 1.89. The molecule has 1 aromatic carbocycles. The topological polar surface area (TPSA) is 80.6 Å². The molecule has 0 aliphatic carbocycles. The first-order valence-corrected chi connectivity index (χ1v) is 7.61. The van der Waals surface area contributed by atoms with Crippen molar-refractivity contribution in [2.75, 3.05) is 7.11 Å². The van der Waals surface area contributed by atoms with Gasteiger partial charge in [-0.05, 0) is 25.1 Å². The highest BCUT2D eigenvalue weighted by molar-refractivity contribution is 7.89. The fourth-order valence-corrected chi connectivity index (χ4v) is 2.32. The minimum atomic E-state index is -3.65. The first-order valence-electron chi connectivity index (χ1n) is 6.13. The molecule has 0 saturated carbocycles. The van der Waals surface area contributed by atoms with Crippen LogP contribution in [-0.2, 0) is 10.0 Å². The molecule has 0 aliphatic rings. The van der Waals surface area contributed by atoms with Gasteiger partial charge >= 0.3 is 0 Å². The second kappa shape index (κ2) is 6.36. The largest absolute Gasteiger partial charge is 0.481 e. The zero-order valence-electron chi connectivity index (χ0n) is 11.6. The van der Waals surface area contributed by atoms with Gasteiger partial charge in [0.2, 0.25) is 5.88 Å². The molecule has 6 nitrogen and oxygen atoms in total. The van der Waals surface area contributed by atoms with Crippen LogP contribution in [0, 0.1) is 6.92 Å². The molecule has 1 heterocycles. The van der Waals surface area contributed by atoms with Gasteiger partial charge in [-0.2, -0.15) is 13.5 Å². The first-order chi connectivity index (χ1) is 10.0. The lowest BCUT2D eigenvalue weighted by molar-refractivity contribution is 0.398. The third kappa shape index (κ3) is 4.03.